The highest BCUT2D eigenvalue weighted by Crippen LogP contribution is 2.24. The fourth-order valence-corrected chi connectivity index (χ4v) is 1.22. The molecule has 0 aliphatic heterocycles. The number of hydrogen-bond acceptors (Lipinski definition) is 3. The fourth-order valence-electron chi connectivity index (χ4n) is 1.22. The summed E-state index contributed by atoms with van der Waals surface area (Å²) in [6.45, 7) is 0. The molecule has 2 aromatic rings. The Morgan fingerprint density at radius 2 is 2.36 bits per heavy atom. The average Bonchev–Trinajstić information content (AvgIpc) is 2.47. The molecule has 1 aromatic carbocycles. The van der Waals surface area contributed by atoms with Crippen molar-refractivity contribution in [3.63, 3.8) is 0 Å². The molecule has 1 heterocycles. The second-order valence-electron chi connectivity index (χ2n) is 2.79. The number of fused-ring (bicyclic) bond motifs is 1. The van der Waals surface area contributed by atoms with Crippen LogP contribution in [0.3, 0.4) is 0 Å². The van der Waals surface area contributed by atoms with Crippen molar-refractivity contribution in [2.24, 2.45) is 5.73 Å². The van der Waals surface area contributed by atoms with Gasteiger partial charge in [-0.1, -0.05) is 0 Å². The van der Waals surface area contributed by atoms with Crippen LogP contribution in [-0.4, -0.2) is 21.3 Å². The Hall–Kier alpha value is -2.24. The lowest BCUT2D eigenvalue weighted by Crippen LogP contribution is -2.19. The maximum atomic E-state index is 10.6. The van der Waals surface area contributed by atoms with Crippen molar-refractivity contribution in [2.75, 3.05) is 5.32 Å². The predicted octanol–water partition coefficient (Wildman–Crippen LogP) is 0.759. The number of carbonyl (C=O) groups excluding carboxylic acids is 1. The van der Waals surface area contributed by atoms with Gasteiger partial charge in [-0.25, -0.2) is 4.79 Å². The Kier molecular flexibility index (Phi) is 1.74. The van der Waals surface area contributed by atoms with E-state index in [1.54, 1.807) is 6.07 Å². The van der Waals surface area contributed by atoms with E-state index in [9.17, 15) is 9.90 Å². The number of phenols is 1. The van der Waals surface area contributed by atoms with Gasteiger partial charge in [-0.15, -0.1) is 0 Å². The summed E-state index contributed by atoms with van der Waals surface area (Å²) >= 11 is 0. The number of phenolic OH excluding ortho intramolecular Hbond substituents is 1. The van der Waals surface area contributed by atoms with Crippen LogP contribution >= 0.6 is 0 Å². The average molecular weight is 192 g/mol. The summed E-state index contributed by atoms with van der Waals surface area (Å²) < 4.78 is 0. The third-order valence-corrected chi connectivity index (χ3v) is 1.79. The quantitative estimate of drug-likeness (QED) is 0.536. The summed E-state index contributed by atoms with van der Waals surface area (Å²) in [5.41, 5.74) is 5.60. The molecule has 1 aromatic heterocycles. The minimum absolute atomic E-state index is 0.103. The van der Waals surface area contributed by atoms with Gasteiger partial charge in [-0.3, -0.25) is 10.4 Å². The molecular weight excluding hydrogens is 184 g/mol. The number of aromatic nitrogens is 2. The number of urea groups is 1. The van der Waals surface area contributed by atoms with Gasteiger partial charge in [0.05, 0.1) is 5.52 Å². The lowest BCUT2D eigenvalue weighted by molar-refractivity contribution is 0.259. The maximum absolute atomic E-state index is 10.6. The van der Waals surface area contributed by atoms with E-state index in [0.717, 1.165) is 0 Å². The van der Waals surface area contributed by atoms with E-state index in [1.807, 2.05) is 0 Å². The summed E-state index contributed by atoms with van der Waals surface area (Å²) in [5.74, 6) is 0.481. The minimum Gasteiger partial charge on any atom is -0.508 e. The van der Waals surface area contributed by atoms with Gasteiger partial charge in [0.25, 0.3) is 0 Å². The van der Waals surface area contributed by atoms with Crippen molar-refractivity contribution >= 4 is 22.8 Å². The molecule has 14 heavy (non-hydrogen) atoms. The number of rotatable bonds is 1. The fraction of sp³-hybridized carbons (Fsp3) is 0. The predicted molar refractivity (Wildman–Crippen MR) is 51.0 cm³/mol. The Morgan fingerprint density at radius 3 is 3.07 bits per heavy atom. The van der Waals surface area contributed by atoms with Crippen LogP contribution in [0, 0.1) is 0 Å². The maximum Gasteiger partial charge on any atom is 0.317 e. The first-order valence-corrected chi connectivity index (χ1v) is 3.90. The molecule has 0 aliphatic rings. The zero-order valence-electron chi connectivity index (χ0n) is 7.11. The largest absolute Gasteiger partial charge is 0.508 e. The molecule has 0 saturated carbocycles. The molecular formula is C8H8N4O2. The molecule has 0 bridgehead atoms. The van der Waals surface area contributed by atoms with Gasteiger partial charge in [-0.2, -0.15) is 5.10 Å². The van der Waals surface area contributed by atoms with Gasteiger partial charge >= 0.3 is 6.03 Å². The number of carbonyl (C=O) groups is 1. The van der Waals surface area contributed by atoms with Crippen molar-refractivity contribution in [3.8, 4) is 5.75 Å². The van der Waals surface area contributed by atoms with Crippen LogP contribution in [0.4, 0.5) is 10.6 Å². The summed E-state index contributed by atoms with van der Waals surface area (Å²) in [6, 6.07) is 3.95. The van der Waals surface area contributed by atoms with Crippen LogP contribution in [0.2, 0.25) is 0 Å². The normalized spacial score (nSPS) is 10.3. The van der Waals surface area contributed by atoms with E-state index in [0.29, 0.717) is 16.7 Å². The van der Waals surface area contributed by atoms with Crippen molar-refractivity contribution in [1.29, 1.82) is 0 Å². The molecule has 6 heteroatoms. The van der Waals surface area contributed by atoms with E-state index in [2.05, 4.69) is 15.5 Å². The molecule has 72 valence electrons. The standard InChI is InChI=1S/C8H8N4O2/c9-8(14)10-7-5-3-4(13)1-2-6(5)11-12-7/h1-3,13H,(H4,9,10,11,12,14). The molecule has 0 unspecified atom stereocenters. The number of primary amides is 1. The van der Waals surface area contributed by atoms with Crippen LogP contribution in [0.25, 0.3) is 10.9 Å². The molecule has 5 N–H and O–H groups in total. The molecule has 0 radical (unpaired) electrons. The van der Waals surface area contributed by atoms with Gasteiger partial charge in [-0.05, 0) is 18.2 Å². The number of hydrogen-bond donors (Lipinski definition) is 4. The summed E-state index contributed by atoms with van der Waals surface area (Å²) in [4.78, 5) is 10.6. The van der Waals surface area contributed by atoms with Crippen molar-refractivity contribution < 1.29 is 9.90 Å². The van der Waals surface area contributed by atoms with Crippen LogP contribution in [0.5, 0.6) is 5.75 Å². The molecule has 6 nitrogen and oxygen atoms in total. The number of anilines is 1. The lowest BCUT2D eigenvalue weighted by Gasteiger charge is -1.97. The number of H-pyrrole nitrogens is 1. The monoisotopic (exact) mass is 192 g/mol. The highest BCUT2D eigenvalue weighted by atomic mass is 16.3. The van der Waals surface area contributed by atoms with Gasteiger partial charge in [0, 0.05) is 5.39 Å². The van der Waals surface area contributed by atoms with Crippen LogP contribution in [0.15, 0.2) is 18.2 Å². The van der Waals surface area contributed by atoms with Crippen LogP contribution in [0.1, 0.15) is 0 Å². The SMILES string of the molecule is NC(=O)Nc1[nH]nc2ccc(O)cc12. The molecule has 0 spiro atoms. The summed E-state index contributed by atoms with van der Waals surface area (Å²) in [7, 11) is 0. The van der Waals surface area contributed by atoms with E-state index in [1.165, 1.54) is 12.1 Å². The zero-order valence-corrected chi connectivity index (χ0v) is 7.11. The summed E-state index contributed by atoms with van der Waals surface area (Å²) in [5, 5.41) is 18.7. The zero-order chi connectivity index (χ0) is 10.1. The number of nitrogens with zero attached hydrogens (tertiary/aromatic N) is 1. The smallest absolute Gasteiger partial charge is 0.317 e. The Balaban J connectivity index is 2.55. The first-order valence-electron chi connectivity index (χ1n) is 3.90. The molecule has 0 fully saturated rings. The lowest BCUT2D eigenvalue weighted by atomic mass is 10.2. The molecule has 2 amide bonds. The highest BCUT2D eigenvalue weighted by molar-refractivity contribution is 5.98. The first kappa shape index (κ1) is 8.36. The number of aromatic amines is 1. The summed E-state index contributed by atoms with van der Waals surface area (Å²) in [6.07, 6.45) is 0. The third-order valence-electron chi connectivity index (χ3n) is 1.79. The van der Waals surface area contributed by atoms with E-state index < -0.39 is 6.03 Å². The molecule has 0 atom stereocenters. The van der Waals surface area contributed by atoms with Gasteiger partial charge in [0.15, 0.2) is 0 Å². The Labute approximate surface area is 78.7 Å². The van der Waals surface area contributed by atoms with Crippen LogP contribution in [-0.2, 0) is 0 Å². The minimum atomic E-state index is -0.682. The Morgan fingerprint density at radius 1 is 1.57 bits per heavy atom. The number of aromatic hydroxyl groups is 1. The van der Waals surface area contributed by atoms with Crippen LogP contribution < -0.4 is 11.1 Å². The van der Waals surface area contributed by atoms with Gasteiger partial charge in [0.2, 0.25) is 0 Å². The number of nitrogens with one attached hydrogen (secondary N) is 2. The highest BCUT2D eigenvalue weighted by Gasteiger charge is 2.06. The van der Waals surface area contributed by atoms with Gasteiger partial charge in [0.1, 0.15) is 11.6 Å². The number of amides is 2. The third kappa shape index (κ3) is 1.33. The second-order valence-corrected chi connectivity index (χ2v) is 2.79. The molecule has 0 saturated heterocycles. The first-order chi connectivity index (χ1) is 6.66. The van der Waals surface area contributed by atoms with Crippen molar-refractivity contribution in [2.45, 2.75) is 0 Å². The van der Waals surface area contributed by atoms with Gasteiger partial charge < -0.3 is 10.8 Å². The van der Waals surface area contributed by atoms with E-state index in [4.69, 9.17) is 5.73 Å². The Bertz CT molecular complexity index is 491. The van der Waals surface area contributed by atoms with Crippen molar-refractivity contribution in [1.82, 2.24) is 10.2 Å². The van der Waals surface area contributed by atoms with E-state index >= 15 is 0 Å². The van der Waals surface area contributed by atoms with Crippen molar-refractivity contribution in [3.05, 3.63) is 18.2 Å². The molecule has 0 aliphatic carbocycles. The second kappa shape index (κ2) is 2.91. The topological polar surface area (TPSA) is 104 Å². The number of nitrogens with two attached hydrogens (primary N) is 1. The van der Waals surface area contributed by atoms with E-state index in [-0.39, 0.29) is 5.75 Å². The number of benzene rings is 1. The molecule has 2 rings (SSSR count).